The molecule has 0 saturated carbocycles. The van der Waals surface area contributed by atoms with Crippen molar-refractivity contribution in [2.24, 2.45) is 0 Å². The Morgan fingerprint density at radius 2 is 1.00 bits per heavy atom. The normalized spacial score (nSPS) is 12.2. The van der Waals surface area contributed by atoms with Gasteiger partial charge in [0.1, 0.15) is 0 Å². The van der Waals surface area contributed by atoms with Gasteiger partial charge < -0.3 is 4.81 Å². The average molecular weight is 407 g/mol. The minimum absolute atomic E-state index is 0.105. The molecule has 0 atom stereocenters. The molecule has 1 nitrogen and oxygen atoms in total. The lowest BCUT2D eigenvalue weighted by Gasteiger charge is -2.39. The Hall–Kier alpha value is -4.04. The molecule has 0 amide bonds. The number of hydrogen-bond acceptors (Lipinski definition) is 1. The summed E-state index contributed by atoms with van der Waals surface area (Å²) in [6.07, 6.45) is 0. The number of anilines is 2. The maximum absolute atomic E-state index is 2.48. The summed E-state index contributed by atoms with van der Waals surface area (Å²) in [6, 6.07) is 47.9. The second-order valence-electron chi connectivity index (χ2n) is 8.20. The van der Waals surface area contributed by atoms with Crippen LogP contribution in [0.15, 0.2) is 133 Å². The molecule has 5 aromatic rings. The fourth-order valence-electron chi connectivity index (χ4n) is 4.86. The van der Waals surface area contributed by atoms with Crippen molar-refractivity contribution in [2.75, 3.05) is 4.81 Å². The minimum Gasteiger partial charge on any atom is -0.376 e. The van der Waals surface area contributed by atoms with Crippen LogP contribution in [0.1, 0.15) is 0 Å². The van der Waals surface area contributed by atoms with Crippen LogP contribution >= 0.6 is 0 Å². The Balaban J connectivity index is 1.55. The Bertz CT molecular complexity index is 1360. The van der Waals surface area contributed by atoms with E-state index in [2.05, 4.69) is 138 Å². The van der Waals surface area contributed by atoms with Gasteiger partial charge in [-0.05, 0) is 40.4 Å². The lowest BCUT2D eigenvalue weighted by molar-refractivity contribution is 1.36. The maximum Gasteiger partial charge on any atom is 0.328 e. The molecular weight excluding hydrogens is 385 g/mol. The third kappa shape index (κ3) is 3.12. The molecule has 150 valence electrons. The van der Waals surface area contributed by atoms with Crippen molar-refractivity contribution in [2.45, 2.75) is 0 Å². The van der Waals surface area contributed by atoms with Crippen molar-refractivity contribution in [3.63, 3.8) is 0 Å². The quantitative estimate of drug-likeness (QED) is 0.318. The van der Waals surface area contributed by atoms with E-state index in [9.17, 15) is 0 Å². The molecule has 32 heavy (non-hydrogen) atoms. The topological polar surface area (TPSA) is 3.24 Å². The Morgan fingerprint density at radius 1 is 0.438 bits per heavy atom. The monoisotopic (exact) mass is 407 g/mol. The fraction of sp³-hybridized carbons (Fsp3) is 0. The van der Waals surface area contributed by atoms with E-state index in [1.165, 1.54) is 44.6 Å². The maximum atomic E-state index is 2.48. The highest BCUT2D eigenvalue weighted by Crippen LogP contribution is 2.39. The van der Waals surface area contributed by atoms with E-state index in [-0.39, 0.29) is 6.85 Å². The molecule has 1 aliphatic rings. The molecular formula is C30H22BN. The van der Waals surface area contributed by atoms with E-state index in [1.807, 2.05) is 0 Å². The summed E-state index contributed by atoms with van der Waals surface area (Å²) in [5.41, 5.74) is 10.1. The van der Waals surface area contributed by atoms with E-state index in [1.54, 1.807) is 0 Å². The van der Waals surface area contributed by atoms with Crippen molar-refractivity contribution in [1.82, 2.24) is 0 Å². The molecule has 0 radical (unpaired) electrons. The van der Waals surface area contributed by atoms with Crippen LogP contribution < -0.4 is 15.7 Å². The van der Waals surface area contributed by atoms with Crippen molar-refractivity contribution < 1.29 is 0 Å². The fourth-order valence-corrected chi connectivity index (χ4v) is 4.86. The standard InChI is InChI=1S/C30H22BN/c1-3-11-23(12-4-1)24-19-21-25(22-20-24)31-29-17-9-7-15-27(29)28-16-8-10-18-30(28)32(31)26-13-5-2-6-14-26/h1-22H. The lowest BCUT2D eigenvalue weighted by atomic mass is 9.45. The molecule has 5 aromatic carbocycles. The van der Waals surface area contributed by atoms with Gasteiger partial charge in [0.2, 0.25) is 0 Å². The molecule has 0 aromatic heterocycles. The van der Waals surface area contributed by atoms with Crippen molar-refractivity contribution >= 4 is 29.1 Å². The largest absolute Gasteiger partial charge is 0.376 e. The Morgan fingerprint density at radius 3 is 1.75 bits per heavy atom. The summed E-state index contributed by atoms with van der Waals surface area (Å²) >= 11 is 0. The first kappa shape index (κ1) is 18.7. The highest BCUT2D eigenvalue weighted by atomic mass is 15.1. The van der Waals surface area contributed by atoms with Crippen LogP contribution in [0.5, 0.6) is 0 Å². The molecule has 0 N–H and O–H groups in total. The molecule has 0 spiro atoms. The summed E-state index contributed by atoms with van der Waals surface area (Å²) in [5.74, 6) is 0. The second kappa shape index (κ2) is 7.90. The molecule has 0 unspecified atom stereocenters. The number of rotatable bonds is 3. The summed E-state index contributed by atoms with van der Waals surface area (Å²) < 4.78 is 0. The van der Waals surface area contributed by atoms with E-state index < -0.39 is 0 Å². The Labute approximate surface area is 189 Å². The van der Waals surface area contributed by atoms with Crippen molar-refractivity contribution in [3.05, 3.63) is 133 Å². The summed E-state index contributed by atoms with van der Waals surface area (Å²) in [6.45, 7) is 0.105. The average Bonchev–Trinajstić information content (AvgIpc) is 2.89. The van der Waals surface area contributed by atoms with E-state index in [0.29, 0.717) is 0 Å². The van der Waals surface area contributed by atoms with Crippen LogP contribution in [0.2, 0.25) is 0 Å². The van der Waals surface area contributed by atoms with Gasteiger partial charge in [0.05, 0.1) is 0 Å². The van der Waals surface area contributed by atoms with Crippen molar-refractivity contribution in [3.8, 4) is 22.3 Å². The summed E-state index contributed by atoms with van der Waals surface area (Å²) in [5, 5.41) is 0. The minimum atomic E-state index is 0.105. The molecule has 2 heteroatoms. The van der Waals surface area contributed by atoms with Gasteiger partial charge in [0.25, 0.3) is 0 Å². The number of fused-ring (bicyclic) bond motifs is 3. The van der Waals surface area contributed by atoms with Crippen molar-refractivity contribution in [1.29, 1.82) is 0 Å². The molecule has 0 bridgehead atoms. The van der Waals surface area contributed by atoms with Gasteiger partial charge in [-0.3, -0.25) is 0 Å². The molecule has 0 aliphatic carbocycles. The van der Waals surface area contributed by atoms with Gasteiger partial charge in [0.15, 0.2) is 0 Å². The molecule has 1 heterocycles. The highest BCUT2D eigenvalue weighted by molar-refractivity contribution is 6.90. The smallest absolute Gasteiger partial charge is 0.328 e. The lowest BCUT2D eigenvalue weighted by Crippen LogP contribution is -2.57. The van der Waals surface area contributed by atoms with E-state index in [0.717, 1.165) is 0 Å². The van der Waals surface area contributed by atoms with Gasteiger partial charge >= 0.3 is 6.85 Å². The van der Waals surface area contributed by atoms with Crippen LogP contribution in [0.4, 0.5) is 11.4 Å². The Kier molecular flexibility index (Phi) is 4.62. The van der Waals surface area contributed by atoms with Gasteiger partial charge in [-0.2, -0.15) is 0 Å². The SMILES string of the molecule is c1ccc(-c2ccc(B3c4ccccc4-c4ccccc4N3c3ccccc3)cc2)cc1. The zero-order valence-electron chi connectivity index (χ0n) is 17.7. The van der Waals surface area contributed by atoms with E-state index >= 15 is 0 Å². The molecule has 6 rings (SSSR count). The number of benzene rings is 5. The van der Waals surface area contributed by atoms with Gasteiger partial charge in [-0.1, -0.05) is 121 Å². The third-order valence-electron chi connectivity index (χ3n) is 6.34. The van der Waals surface area contributed by atoms with Crippen LogP contribution in [-0.4, -0.2) is 6.85 Å². The van der Waals surface area contributed by atoms with Crippen LogP contribution in [0.3, 0.4) is 0 Å². The van der Waals surface area contributed by atoms with Gasteiger partial charge in [-0.25, -0.2) is 0 Å². The summed E-state index contributed by atoms with van der Waals surface area (Å²) in [4.78, 5) is 2.48. The predicted octanol–water partition coefficient (Wildman–Crippen LogP) is 6.28. The highest BCUT2D eigenvalue weighted by Gasteiger charge is 2.36. The number of para-hydroxylation sites is 2. The first-order chi connectivity index (χ1) is 15.9. The molecule has 0 saturated heterocycles. The zero-order valence-corrected chi connectivity index (χ0v) is 17.7. The van der Waals surface area contributed by atoms with Crippen LogP contribution in [-0.2, 0) is 0 Å². The van der Waals surface area contributed by atoms with Crippen LogP contribution in [0, 0.1) is 0 Å². The number of nitrogens with zero attached hydrogens (tertiary/aromatic N) is 1. The van der Waals surface area contributed by atoms with Gasteiger partial charge in [-0.15, -0.1) is 0 Å². The molecule has 0 fully saturated rings. The first-order valence-corrected chi connectivity index (χ1v) is 11.1. The van der Waals surface area contributed by atoms with E-state index in [4.69, 9.17) is 0 Å². The second-order valence-corrected chi connectivity index (χ2v) is 8.20. The third-order valence-corrected chi connectivity index (χ3v) is 6.34. The van der Waals surface area contributed by atoms with Crippen LogP contribution in [0.25, 0.3) is 22.3 Å². The predicted molar refractivity (Wildman–Crippen MR) is 137 cm³/mol. The number of hydrogen-bond donors (Lipinski definition) is 0. The first-order valence-electron chi connectivity index (χ1n) is 11.1. The molecule has 1 aliphatic heterocycles. The zero-order chi connectivity index (χ0) is 21.3. The van der Waals surface area contributed by atoms with Gasteiger partial charge in [0, 0.05) is 16.9 Å². The summed E-state index contributed by atoms with van der Waals surface area (Å²) in [7, 11) is 0.